The number of ether oxygens (including phenoxy) is 1. The van der Waals surface area contributed by atoms with Gasteiger partial charge in [-0.3, -0.25) is 0 Å². The molecule has 0 aromatic carbocycles. The van der Waals surface area contributed by atoms with Gasteiger partial charge in [-0.15, -0.1) is 0 Å². The lowest BCUT2D eigenvalue weighted by Gasteiger charge is -2.30. The monoisotopic (exact) mass is 244 g/mol. The molecule has 1 aliphatic carbocycles. The summed E-state index contributed by atoms with van der Waals surface area (Å²) in [5, 5.41) is 18.7. The third-order valence-corrected chi connectivity index (χ3v) is 3.57. The van der Waals surface area contributed by atoms with E-state index >= 15 is 0 Å². The minimum Gasteiger partial charge on any atom is -0.479 e. The lowest BCUT2D eigenvalue weighted by atomic mass is 9.87. The molecule has 2 N–H and O–H groups in total. The third-order valence-electron chi connectivity index (χ3n) is 3.57. The minimum absolute atomic E-state index is 0.236. The summed E-state index contributed by atoms with van der Waals surface area (Å²) in [5.41, 5.74) is -1.07. The van der Waals surface area contributed by atoms with E-state index in [-0.39, 0.29) is 6.10 Å². The fourth-order valence-electron chi connectivity index (χ4n) is 2.43. The van der Waals surface area contributed by atoms with Gasteiger partial charge in [0, 0.05) is 0 Å². The number of carboxylic acids is 1. The molecule has 0 amide bonds. The fourth-order valence-corrected chi connectivity index (χ4v) is 2.43. The van der Waals surface area contributed by atoms with E-state index in [4.69, 9.17) is 4.74 Å². The fraction of sp³-hybridized carbons (Fsp3) is 0.923. The smallest absolute Gasteiger partial charge is 0.335 e. The summed E-state index contributed by atoms with van der Waals surface area (Å²) in [6.07, 6.45) is 4.71. The Hall–Kier alpha value is -0.610. The van der Waals surface area contributed by atoms with Crippen LogP contribution >= 0.6 is 0 Å². The molecule has 0 aromatic heterocycles. The van der Waals surface area contributed by atoms with Gasteiger partial charge < -0.3 is 14.9 Å². The highest BCUT2D eigenvalue weighted by Gasteiger charge is 2.34. The maximum absolute atomic E-state index is 11.2. The van der Waals surface area contributed by atoms with Gasteiger partial charge in [0.2, 0.25) is 0 Å². The van der Waals surface area contributed by atoms with Crippen molar-refractivity contribution in [1.82, 2.24) is 0 Å². The van der Waals surface area contributed by atoms with Crippen molar-refractivity contribution in [3.05, 3.63) is 0 Å². The summed E-state index contributed by atoms with van der Waals surface area (Å²) in [6, 6.07) is 0. The van der Waals surface area contributed by atoms with Gasteiger partial charge >= 0.3 is 5.97 Å². The quantitative estimate of drug-likeness (QED) is 0.751. The van der Waals surface area contributed by atoms with Gasteiger partial charge in [0.25, 0.3) is 0 Å². The average Bonchev–Trinajstić information content (AvgIpc) is 2.27. The van der Waals surface area contributed by atoms with Crippen LogP contribution in [0.25, 0.3) is 0 Å². The first kappa shape index (κ1) is 14.5. The second-order valence-electron chi connectivity index (χ2n) is 5.28. The number of hydrogen-bond acceptors (Lipinski definition) is 3. The van der Waals surface area contributed by atoms with Gasteiger partial charge in [-0.1, -0.05) is 19.8 Å². The molecule has 2 unspecified atom stereocenters. The molecule has 4 heteroatoms. The molecule has 0 radical (unpaired) electrons. The van der Waals surface area contributed by atoms with Gasteiger partial charge in [0.15, 0.2) is 5.60 Å². The van der Waals surface area contributed by atoms with E-state index in [2.05, 4.69) is 0 Å². The summed E-state index contributed by atoms with van der Waals surface area (Å²) >= 11 is 0. The van der Waals surface area contributed by atoms with Gasteiger partial charge in [-0.05, 0) is 38.5 Å². The predicted octanol–water partition coefficient (Wildman–Crippen LogP) is 2.20. The van der Waals surface area contributed by atoms with Crippen LogP contribution in [0.1, 0.15) is 52.4 Å². The minimum atomic E-state index is -1.07. The van der Waals surface area contributed by atoms with Crippen LogP contribution in [0.5, 0.6) is 0 Å². The highest BCUT2D eigenvalue weighted by atomic mass is 16.5. The Kier molecular flexibility index (Phi) is 5.40. The molecule has 100 valence electrons. The molecule has 0 heterocycles. The highest BCUT2D eigenvalue weighted by molar-refractivity contribution is 5.76. The van der Waals surface area contributed by atoms with Crippen LogP contribution in [0.2, 0.25) is 0 Å². The van der Waals surface area contributed by atoms with Crippen LogP contribution in [0, 0.1) is 5.92 Å². The summed E-state index contributed by atoms with van der Waals surface area (Å²) in [6.45, 7) is 4.03. The Morgan fingerprint density at radius 1 is 1.47 bits per heavy atom. The summed E-state index contributed by atoms with van der Waals surface area (Å²) in [7, 11) is 0. The molecule has 1 rings (SSSR count). The zero-order valence-corrected chi connectivity index (χ0v) is 10.8. The number of aliphatic carboxylic acids is 1. The lowest BCUT2D eigenvalue weighted by molar-refractivity contribution is -0.167. The first-order chi connectivity index (χ1) is 7.98. The number of aliphatic hydroxyl groups is 1. The van der Waals surface area contributed by atoms with E-state index in [1.54, 1.807) is 6.92 Å². The van der Waals surface area contributed by atoms with E-state index in [0.717, 1.165) is 32.1 Å². The standard InChI is InChI=1S/C13H24O4/c1-3-7-13(2,12(15)16)17-9-10-5-4-6-11(14)8-10/h10-11,14H,3-9H2,1-2H3,(H,15,16)/t10?,11-,13?/m0/s1. The Morgan fingerprint density at radius 2 is 2.18 bits per heavy atom. The van der Waals surface area contributed by atoms with E-state index in [9.17, 15) is 15.0 Å². The molecule has 1 saturated carbocycles. The number of carboxylic acid groups (broad SMARTS) is 1. The zero-order valence-electron chi connectivity index (χ0n) is 10.8. The second-order valence-corrected chi connectivity index (χ2v) is 5.28. The second kappa shape index (κ2) is 6.36. The van der Waals surface area contributed by atoms with Crippen LogP contribution in [-0.2, 0) is 9.53 Å². The molecule has 0 aromatic rings. The van der Waals surface area contributed by atoms with Crippen molar-refractivity contribution in [2.24, 2.45) is 5.92 Å². The summed E-state index contributed by atoms with van der Waals surface area (Å²) < 4.78 is 5.61. The molecule has 4 nitrogen and oxygen atoms in total. The SMILES string of the molecule is CCCC(C)(OCC1CCC[C@H](O)C1)C(=O)O. The number of rotatable bonds is 6. The van der Waals surface area contributed by atoms with E-state index in [1.807, 2.05) is 6.92 Å². The van der Waals surface area contributed by atoms with E-state index < -0.39 is 11.6 Å². The Bertz CT molecular complexity index is 254. The van der Waals surface area contributed by atoms with Crippen molar-refractivity contribution in [3.63, 3.8) is 0 Å². The van der Waals surface area contributed by atoms with Crippen LogP contribution in [0.4, 0.5) is 0 Å². The van der Waals surface area contributed by atoms with Crippen molar-refractivity contribution < 1.29 is 19.7 Å². The van der Waals surface area contributed by atoms with Crippen molar-refractivity contribution in [2.45, 2.75) is 64.1 Å². The predicted molar refractivity (Wildman–Crippen MR) is 64.9 cm³/mol. The molecule has 17 heavy (non-hydrogen) atoms. The largest absolute Gasteiger partial charge is 0.479 e. The van der Waals surface area contributed by atoms with Gasteiger partial charge in [0.1, 0.15) is 0 Å². The maximum Gasteiger partial charge on any atom is 0.335 e. The topological polar surface area (TPSA) is 66.8 Å². The van der Waals surface area contributed by atoms with Crippen LogP contribution in [0.15, 0.2) is 0 Å². The molecule has 0 spiro atoms. The molecule has 1 aliphatic rings. The van der Waals surface area contributed by atoms with Crippen LogP contribution in [0.3, 0.4) is 0 Å². The number of hydrogen-bond donors (Lipinski definition) is 2. The van der Waals surface area contributed by atoms with Gasteiger partial charge in [-0.2, -0.15) is 0 Å². The average molecular weight is 244 g/mol. The first-order valence-electron chi connectivity index (χ1n) is 6.53. The molecule has 0 aliphatic heterocycles. The molecule has 0 saturated heterocycles. The van der Waals surface area contributed by atoms with Crippen molar-refractivity contribution >= 4 is 5.97 Å². The van der Waals surface area contributed by atoms with Crippen molar-refractivity contribution in [1.29, 1.82) is 0 Å². The molecule has 1 fully saturated rings. The molecular weight excluding hydrogens is 220 g/mol. The Balaban J connectivity index is 2.43. The van der Waals surface area contributed by atoms with Gasteiger partial charge in [-0.25, -0.2) is 4.79 Å². The third kappa shape index (κ3) is 4.28. The Labute approximate surface area is 103 Å². The van der Waals surface area contributed by atoms with Crippen LogP contribution < -0.4 is 0 Å². The number of aliphatic hydroxyl groups excluding tert-OH is 1. The molecule has 3 atom stereocenters. The zero-order chi connectivity index (χ0) is 12.9. The molecule has 0 bridgehead atoms. The maximum atomic E-state index is 11.2. The first-order valence-corrected chi connectivity index (χ1v) is 6.53. The van der Waals surface area contributed by atoms with Crippen molar-refractivity contribution in [2.75, 3.05) is 6.61 Å². The van der Waals surface area contributed by atoms with Crippen molar-refractivity contribution in [3.8, 4) is 0 Å². The van der Waals surface area contributed by atoms with E-state index in [0.29, 0.717) is 18.9 Å². The highest BCUT2D eigenvalue weighted by Crippen LogP contribution is 2.27. The lowest BCUT2D eigenvalue weighted by Crippen LogP contribution is -2.40. The van der Waals surface area contributed by atoms with Crippen LogP contribution in [-0.4, -0.2) is 34.5 Å². The van der Waals surface area contributed by atoms with Gasteiger partial charge in [0.05, 0.1) is 12.7 Å². The summed E-state index contributed by atoms with van der Waals surface area (Å²) in [4.78, 5) is 11.2. The van der Waals surface area contributed by atoms with E-state index in [1.165, 1.54) is 0 Å². The number of carbonyl (C=O) groups is 1. The summed E-state index contributed by atoms with van der Waals surface area (Å²) in [5.74, 6) is -0.593. The molecular formula is C13H24O4. The Morgan fingerprint density at radius 3 is 2.71 bits per heavy atom. The normalized spacial score (nSPS) is 28.6.